The lowest BCUT2D eigenvalue weighted by Crippen LogP contribution is -2.46. The average Bonchev–Trinajstić information content (AvgIpc) is 3.13. The Hall–Kier alpha value is -2.25. The van der Waals surface area contributed by atoms with Crippen molar-refractivity contribution in [2.75, 3.05) is 6.54 Å². The molecular weight excluding hydrogens is 355 g/mol. The SMILES string of the molecule is CC(NC(=O)C1CCCN1S(=O)(=O)c1ccc(F)cc1)c1ccccc1. The smallest absolute Gasteiger partial charge is 0.243 e. The molecule has 0 bridgehead atoms. The van der Waals surface area contributed by atoms with Gasteiger partial charge in [0.15, 0.2) is 0 Å². The van der Waals surface area contributed by atoms with Gasteiger partial charge in [-0.2, -0.15) is 4.31 Å². The van der Waals surface area contributed by atoms with Gasteiger partial charge in [-0.15, -0.1) is 0 Å². The number of nitrogens with one attached hydrogen (secondary N) is 1. The molecule has 1 aliphatic rings. The lowest BCUT2D eigenvalue weighted by Gasteiger charge is -2.25. The van der Waals surface area contributed by atoms with Crippen LogP contribution in [0, 0.1) is 5.82 Å². The predicted octanol–water partition coefficient (Wildman–Crippen LogP) is 2.86. The minimum Gasteiger partial charge on any atom is -0.348 e. The van der Waals surface area contributed by atoms with Crippen molar-refractivity contribution in [3.8, 4) is 0 Å². The Labute approximate surface area is 152 Å². The van der Waals surface area contributed by atoms with E-state index in [1.807, 2.05) is 37.3 Å². The number of sulfonamides is 1. The van der Waals surface area contributed by atoms with Gasteiger partial charge in [-0.25, -0.2) is 12.8 Å². The van der Waals surface area contributed by atoms with Gasteiger partial charge in [0.2, 0.25) is 15.9 Å². The lowest BCUT2D eigenvalue weighted by atomic mass is 10.1. The van der Waals surface area contributed by atoms with Gasteiger partial charge in [0.05, 0.1) is 10.9 Å². The molecular formula is C19H21FN2O3S. The summed E-state index contributed by atoms with van der Waals surface area (Å²) in [6.45, 7) is 2.14. The van der Waals surface area contributed by atoms with Crippen molar-refractivity contribution in [2.45, 2.75) is 36.7 Å². The van der Waals surface area contributed by atoms with Crippen LogP contribution < -0.4 is 5.32 Å². The number of rotatable bonds is 5. The Balaban J connectivity index is 1.77. The summed E-state index contributed by atoms with van der Waals surface area (Å²) >= 11 is 0. The van der Waals surface area contributed by atoms with E-state index in [4.69, 9.17) is 0 Å². The van der Waals surface area contributed by atoms with Crippen LogP contribution in [0.3, 0.4) is 0 Å². The fraction of sp³-hybridized carbons (Fsp3) is 0.316. The van der Waals surface area contributed by atoms with E-state index in [2.05, 4.69) is 5.32 Å². The second-order valence-electron chi connectivity index (χ2n) is 6.37. The molecule has 1 N–H and O–H groups in total. The fourth-order valence-corrected chi connectivity index (χ4v) is 4.82. The van der Waals surface area contributed by atoms with E-state index in [1.54, 1.807) is 0 Å². The molecule has 1 saturated heterocycles. The molecule has 2 atom stereocenters. The molecule has 1 amide bonds. The van der Waals surface area contributed by atoms with Crippen molar-refractivity contribution in [3.63, 3.8) is 0 Å². The minimum atomic E-state index is -3.84. The summed E-state index contributed by atoms with van der Waals surface area (Å²) in [5.74, 6) is -0.819. The molecule has 2 aromatic rings. The summed E-state index contributed by atoms with van der Waals surface area (Å²) in [6, 6.07) is 13.2. The molecule has 3 rings (SSSR count). The zero-order valence-electron chi connectivity index (χ0n) is 14.4. The summed E-state index contributed by atoms with van der Waals surface area (Å²) in [5, 5.41) is 2.90. The molecule has 1 aliphatic heterocycles. The number of nitrogens with zero attached hydrogens (tertiary/aromatic N) is 1. The largest absolute Gasteiger partial charge is 0.348 e. The van der Waals surface area contributed by atoms with Gasteiger partial charge in [0.25, 0.3) is 0 Å². The van der Waals surface area contributed by atoms with Crippen LogP contribution in [0.15, 0.2) is 59.5 Å². The molecule has 0 aromatic heterocycles. The Bertz CT molecular complexity index is 869. The molecule has 0 radical (unpaired) electrons. The molecule has 5 nitrogen and oxygen atoms in total. The minimum absolute atomic E-state index is 0.00490. The van der Waals surface area contributed by atoms with Crippen molar-refractivity contribution in [2.24, 2.45) is 0 Å². The van der Waals surface area contributed by atoms with Crippen molar-refractivity contribution >= 4 is 15.9 Å². The summed E-state index contributed by atoms with van der Waals surface area (Å²) in [5.41, 5.74) is 0.951. The quantitative estimate of drug-likeness (QED) is 0.873. The van der Waals surface area contributed by atoms with Crippen LogP contribution in [0.2, 0.25) is 0 Å². The Morgan fingerprint density at radius 3 is 2.46 bits per heavy atom. The van der Waals surface area contributed by atoms with Gasteiger partial charge < -0.3 is 5.32 Å². The van der Waals surface area contributed by atoms with Crippen LogP contribution in [-0.2, 0) is 14.8 Å². The number of benzene rings is 2. The first kappa shape index (κ1) is 18.5. The number of amides is 1. The van der Waals surface area contributed by atoms with E-state index >= 15 is 0 Å². The molecule has 26 heavy (non-hydrogen) atoms. The Morgan fingerprint density at radius 1 is 1.15 bits per heavy atom. The summed E-state index contributed by atoms with van der Waals surface area (Å²) in [7, 11) is -3.84. The molecule has 1 fully saturated rings. The topological polar surface area (TPSA) is 66.5 Å². The number of hydrogen-bond acceptors (Lipinski definition) is 3. The van der Waals surface area contributed by atoms with Gasteiger partial charge >= 0.3 is 0 Å². The lowest BCUT2D eigenvalue weighted by molar-refractivity contribution is -0.124. The van der Waals surface area contributed by atoms with Crippen LogP contribution in [0.5, 0.6) is 0 Å². The Morgan fingerprint density at radius 2 is 1.81 bits per heavy atom. The molecule has 138 valence electrons. The zero-order chi connectivity index (χ0) is 18.7. The van der Waals surface area contributed by atoms with Crippen molar-refractivity contribution in [3.05, 3.63) is 66.0 Å². The maximum atomic E-state index is 13.1. The first-order valence-electron chi connectivity index (χ1n) is 8.52. The summed E-state index contributed by atoms with van der Waals surface area (Å²) in [4.78, 5) is 12.7. The van der Waals surface area contributed by atoms with Crippen molar-refractivity contribution < 1.29 is 17.6 Å². The average molecular weight is 376 g/mol. The van der Waals surface area contributed by atoms with Crippen LogP contribution in [0.4, 0.5) is 4.39 Å². The predicted molar refractivity (Wildman–Crippen MR) is 96.3 cm³/mol. The molecule has 0 saturated carbocycles. The molecule has 2 unspecified atom stereocenters. The van der Waals surface area contributed by atoms with E-state index < -0.39 is 21.9 Å². The summed E-state index contributed by atoms with van der Waals surface area (Å²) < 4.78 is 40.0. The third kappa shape index (κ3) is 3.78. The van der Waals surface area contributed by atoms with E-state index in [-0.39, 0.29) is 23.4 Å². The van der Waals surface area contributed by atoms with Crippen LogP contribution in [-0.4, -0.2) is 31.2 Å². The van der Waals surface area contributed by atoms with Crippen LogP contribution in [0.1, 0.15) is 31.4 Å². The van der Waals surface area contributed by atoms with Crippen LogP contribution in [0.25, 0.3) is 0 Å². The fourth-order valence-electron chi connectivity index (χ4n) is 3.17. The monoisotopic (exact) mass is 376 g/mol. The normalized spacial score (nSPS) is 19.2. The highest BCUT2D eigenvalue weighted by molar-refractivity contribution is 7.89. The van der Waals surface area contributed by atoms with E-state index in [0.29, 0.717) is 12.8 Å². The number of halogens is 1. The first-order valence-corrected chi connectivity index (χ1v) is 9.96. The highest BCUT2D eigenvalue weighted by Crippen LogP contribution is 2.27. The summed E-state index contributed by atoms with van der Waals surface area (Å²) in [6.07, 6.45) is 1.08. The number of carbonyl (C=O) groups is 1. The van der Waals surface area contributed by atoms with E-state index in [9.17, 15) is 17.6 Å². The third-order valence-corrected chi connectivity index (χ3v) is 6.51. The third-order valence-electron chi connectivity index (χ3n) is 4.58. The van der Waals surface area contributed by atoms with Crippen molar-refractivity contribution in [1.82, 2.24) is 9.62 Å². The second kappa shape index (κ2) is 7.55. The first-order chi connectivity index (χ1) is 12.4. The highest BCUT2D eigenvalue weighted by atomic mass is 32.2. The molecule has 0 spiro atoms. The van der Waals surface area contributed by atoms with Gasteiger partial charge in [0.1, 0.15) is 11.9 Å². The van der Waals surface area contributed by atoms with Gasteiger partial charge in [-0.3, -0.25) is 4.79 Å². The number of hydrogen-bond donors (Lipinski definition) is 1. The molecule has 1 heterocycles. The standard InChI is InChI=1S/C19H21FN2O3S/c1-14(15-6-3-2-4-7-15)21-19(23)18-8-5-13-22(18)26(24,25)17-11-9-16(20)10-12-17/h2-4,6-7,9-12,14,18H,5,8,13H2,1H3,(H,21,23). The second-order valence-corrected chi connectivity index (χ2v) is 8.26. The maximum absolute atomic E-state index is 13.1. The zero-order valence-corrected chi connectivity index (χ0v) is 15.2. The van der Waals surface area contributed by atoms with Gasteiger partial charge in [-0.05, 0) is 49.6 Å². The van der Waals surface area contributed by atoms with E-state index in [1.165, 1.54) is 16.4 Å². The molecule has 7 heteroatoms. The van der Waals surface area contributed by atoms with Crippen molar-refractivity contribution in [1.29, 1.82) is 0 Å². The van der Waals surface area contributed by atoms with Crippen LogP contribution >= 0.6 is 0 Å². The molecule has 2 aromatic carbocycles. The maximum Gasteiger partial charge on any atom is 0.243 e. The van der Waals surface area contributed by atoms with Gasteiger partial charge in [-0.1, -0.05) is 30.3 Å². The van der Waals surface area contributed by atoms with E-state index in [0.717, 1.165) is 17.7 Å². The highest BCUT2D eigenvalue weighted by Gasteiger charge is 2.39. The Kier molecular flexibility index (Phi) is 5.38. The molecule has 0 aliphatic carbocycles. The number of carbonyl (C=O) groups excluding carboxylic acids is 1. The van der Waals surface area contributed by atoms with Gasteiger partial charge in [0, 0.05) is 6.54 Å².